The number of rotatable bonds is 3. The maximum absolute atomic E-state index is 6.18. The van der Waals surface area contributed by atoms with Gasteiger partial charge in [0.05, 0.1) is 10.7 Å². The Bertz CT molecular complexity index is 641. The van der Waals surface area contributed by atoms with E-state index >= 15 is 0 Å². The molecule has 2 heterocycles. The van der Waals surface area contributed by atoms with Gasteiger partial charge >= 0.3 is 0 Å². The summed E-state index contributed by atoms with van der Waals surface area (Å²) in [6, 6.07) is 14.2. The monoisotopic (exact) mass is 301 g/mol. The number of aromatic nitrogens is 1. The second-order valence-electron chi connectivity index (χ2n) is 4.35. The number of nitrogens with one attached hydrogen (secondary N) is 1. The average molecular weight is 301 g/mol. The van der Waals surface area contributed by atoms with Crippen LogP contribution in [0.15, 0.2) is 58.7 Å². The Balaban J connectivity index is 1.88. The summed E-state index contributed by atoms with van der Waals surface area (Å²) in [5.74, 6) is 0. The first kappa shape index (κ1) is 13.4. The van der Waals surface area contributed by atoms with Gasteiger partial charge in [-0.3, -0.25) is 0 Å². The summed E-state index contributed by atoms with van der Waals surface area (Å²) < 4.78 is 0. The van der Waals surface area contributed by atoms with Crippen LogP contribution in [-0.2, 0) is 0 Å². The van der Waals surface area contributed by atoms with Crippen LogP contribution in [0.25, 0.3) is 5.70 Å². The first-order chi connectivity index (χ1) is 9.79. The third-order valence-corrected chi connectivity index (χ3v) is 4.90. The van der Waals surface area contributed by atoms with Crippen molar-refractivity contribution >= 4 is 29.2 Å². The SMILES string of the molecule is CSc1ncccc1C1NC(c2ccccc2)=C(N)S1. The molecule has 3 N–H and O–H groups in total. The van der Waals surface area contributed by atoms with Gasteiger partial charge in [0, 0.05) is 17.3 Å². The van der Waals surface area contributed by atoms with Gasteiger partial charge in [0.1, 0.15) is 10.4 Å². The highest BCUT2D eigenvalue weighted by Crippen LogP contribution is 2.42. The van der Waals surface area contributed by atoms with Crippen molar-refractivity contribution in [1.29, 1.82) is 0 Å². The van der Waals surface area contributed by atoms with Crippen LogP contribution >= 0.6 is 23.5 Å². The number of thioether (sulfide) groups is 2. The van der Waals surface area contributed by atoms with Crippen LogP contribution in [0.4, 0.5) is 0 Å². The van der Waals surface area contributed by atoms with E-state index in [4.69, 9.17) is 5.73 Å². The molecule has 3 rings (SSSR count). The first-order valence-electron chi connectivity index (χ1n) is 6.27. The Labute approximate surface area is 127 Å². The predicted octanol–water partition coefficient (Wildman–Crippen LogP) is 3.42. The Hall–Kier alpha value is -1.59. The van der Waals surface area contributed by atoms with E-state index in [9.17, 15) is 0 Å². The smallest absolute Gasteiger partial charge is 0.107 e. The second kappa shape index (κ2) is 5.81. The van der Waals surface area contributed by atoms with E-state index < -0.39 is 0 Å². The molecule has 1 aromatic carbocycles. The molecule has 1 unspecified atom stereocenters. The molecule has 0 aliphatic carbocycles. The van der Waals surface area contributed by atoms with Crippen LogP contribution in [0.3, 0.4) is 0 Å². The fraction of sp³-hybridized carbons (Fsp3) is 0.133. The third kappa shape index (κ3) is 2.51. The zero-order valence-corrected chi connectivity index (χ0v) is 12.7. The van der Waals surface area contributed by atoms with Gasteiger partial charge in [0.2, 0.25) is 0 Å². The molecule has 1 aliphatic heterocycles. The summed E-state index contributed by atoms with van der Waals surface area (Å²) in [5.41, 5.74) is 9.49. The van der Waals surface area contributed by atoms with Crippen molar-refractivity contribution < 1.29 is 0 Å². The predicted molar refractivity (Wildman–Crippen MR) is 87.0 cm³/mol. The number of hydrogen-bond acceptors (Lipinski definition) is 5. The summed E-state index contributed by atoms with van der Waals surface area (Å²) >= 11 is 3.30. The van der Waals surface area contributed by atoms with Gasteiger partial charge in [-0.2, -0.15) is 0 Å². The summed E-state index contributed by atoms with van der Waals surface area (Å²) in [6.45, 7) is 0. The normalized spacial score (nSPS) is 18.1. The van der Waals surface area contributed by atoms with Gasteiger partial charge < -0.3 is 11.1 Å². The van der Waals surface area contributed by atoms with Crippen molar-refractivity contribution in [3.05, 3.63) is 64.8 Å². The third-order valence-electron chi connectivity index (χ3n) is 3.11. The summed E-state index contributed by atoms with van der Waals surface area (Å²) in [5, 5.41) is 5.51. The highest BCUT2D eigenvalue weighted by molar-refractivity contribution is 8.03. The molecule has 5 heteroatoms. The Morgan fingerprint density at radius 3 is 2.75 bits per heavy atom. The van der Waals surface area contributed by atoms with Crippen LogP contribution in [0.1, 0.15) is 16.5 Å². The van der Waals surface area contributed by atoms with E-state index in [-0.39, 0.29) is 5.37 Å². The molecule has 1 aliphatic rings. The average Bonchev–Trinajstić information content (AvgIpc) is 2.90. The topological polar surface area (TPSA) is 50.9 Å². The van der Waals surface area contributed by atoms with Crippen molar-refractivity contribution in [1.82, 2.24) is 10.3 Å². The molecule has 1 aromatic heterocycles. The van der Waals surface area contributed by atoms with E-state index in [1.165, 1.54) is 5.56 Å². The van der Waals surface area contributed by atoms with Crippen LogP contribution < -0.4 is 11.1 Å². The fourth-order valence-corrected chi connectivity index (χ4v) is 3.87. The maximum atomic E-state index is 6.18. The lowest BCUT2D eigenvalue weighted by Gasteiger charge is -2.15. The Morgan fingerprint density at radius 2 is 2.00 bits per heavy atom. The van der Waals surface area contributed by atoms with E-state index in [1.54, 1.807) is 23.5 Å². The highest BCUT2D eigenvalue weighted by atomic mass is 32.2. The minimum absolute atomic E-state index is 0.126. The molecule has 0 fully saturated rings. The summed E-state index contributed by atoms with van der Waals surface area (Å²) in [4.78, 5) is 4.41. The maximum Gasteiger partial charge on any atom is 0.107 e. The standard InChI is InChI=1S/C15H15N3S2/c1-19-14-11(8-5-9-17-14)15-18-12(13(16)20-15)10-6-3-2-4-7-10/h2-9,15,18H,16H2,1H3. The molecule has 0 saturated carbocycles. The van der Waals surface area contributed by atoms with E-state index in [0.717, 1.165) is 21.3 Å². The van der Waals surface area contributed by atoms with Crippen molar-refractivity contribution in [2.45, 2.75) is 10.4 Å². The van der Waals surface area contributed by atoms with Gasteiger partial charge in [-0.1, -0.05) is 48.2 Å². The minimum atomic E-state index is 0.126. The zero-order valence-electron chi connectivity index (χ0n) is 11.0. The Morgan fingerprint density at radius 1 is 1.20 bits per heavy atom. The largest absolute Gasteiger partial charge is 0.392 e. The van der Waals surface area contributed by atoms with Gasteiger partial charge in [0.25, 0.3) is 0 Å². The van der Waals surface area contributed by atoms with Gasteiger partial charge in [-0.25, -0.2) is 4.98 Å². The number of hydrogen-bond donors (Lipinski definition) is 2. The van der Waals surface area contributed by atoms with E-state index in [2.05, 4.69) is 28.5 Å². The number of nitrogens with two attached hydrogens (primary N) is 1. The van der Waals surface area contributed by atoms with Crippen molar-refractivity contribution in [2.24, 2.45) is 5.73 Å². The number of benzene rings is 1. The second-order valence-corrected chi connectivity index (χ2v) is 6.29. The molecule has 20 heavy (non-hydrogen) atoms. The van der Waals surface area contributed by atoms with Crippen LogP contribution in [-0.4, -0.2) is 11.2 Å². The van der Waals surface area contributed by atoms with Crippen molar-refractivity contribution in [3.8, 4) is 0 Å². The molecule has 0 saturated heterocycles. The summed E-state index contributed by atoms with van der Waals surface area (Å²) in [6.07, 6.45) is 3.87. The van der Waals surface area contributed by atoms with Gasteiger partial charge in [-0.05, 0) is 12.3 Å². The van der Waals surface area contributed by atoms with Gasteiger partial charge in [0.15, 0.2) is 0 Å². The molecule has 0 radical (unpaired) electrons. The molecule has 0 bridgehead atoms. The lowest BCUT2D eigenvalue weighted by molar-refractivity contribution is 0.838. The molecule has 102 valence electrons. The molecular weight excluding hydrogens is 286 g/mol. The van der Waals surface area contributed by atoms with Crippen molar-refractivity contribution in [3.63, 3.8) is 0 Å². The van der Waals surface area contributed by atoms with E-state index in [0.29, 0.717) is 0 Å². The van der Waals surface area contributed by atoms with Crippen LogP contribution in [0.2, 0.25) is 0 Å². The van der Waals surface area contributed by atoms with Crippen molar-refractivity contribution in [2.75, 3.05) is 6.26 Å². The highest BCUT2D eigenvalue weighted by Gasteiger charge is 2.26. The Kier molecular flexibility index (Phi) is 3.89. The fourth-order valence-electron chi connectivity index (χ4n) is 2.16. The molecule has 0 amide bonds. The molecular formula is C15H15N3S2. The number of pyridine rings is 1. The molecule has 2 aromatic rings. The van der Waals surface area contributed by atoms with E-state index in [1.807, 2.05) is 36.7 Å². The quantitative estimate of drug-likeness (QED) is 0.851. The molecule has 0 spiro atoms. The first-order valence-corrected chi connectivity index (χ1v) is 8.37. The molecule has 1 atom stereocenters. The van der Waals surface area contributed by atoms with Crippen LogP contribution in [0.5, 0.6) is 0 Å². The lowest BCUT2D eigenvalue weighted by Crippen LogP contribution is -2.13. The van der Waals surface area contributed by atoms with Gasteiger partial charge in [-0.15, -0.1) is 11.8 Å². The van der Waals surface area contributed by atoms with Crippen LogP contribution in [0, 0.1) is 0 Å². The zero-order chi connectivity index (χ0) is 13.9. The summed E-state index contributed by atoms with van der Waals surface area (Å²) in [7, 11) is 0. The molecule has 3 nitrogen and oxygen atoms in total. The number of nitrogens with zero attached hydrogens (tertiary/aromatic N) is 1. The minimum Gasteiger partial charge on any atom is -0.392 e. The lowest BCUT2D eigenvalue weighted by atomic mass is 10.1.